The van der Waals surface area contributed by atoms with E-state index in [1.807, 2.05) is 0 Å². The van der Waals surface area contributed by atoms with Gasteiger partial charge in [-0.3, -0.25) is 4.79 Å². The average Bonchev–Trinajstić information content (AvgIpc) is 2.43. The molecule has 0 spiro atoms. The van der Waals surface area contributed by atoms with Crippen LogP contribution < -0.4 is 5.73 Å². The molecule has 120 valence electrons. The molecule has 2 N–H and O–H groups in total. The van der Waals surface area contributed by atoms with Crippen molar-refractivity contribution in [2.45, 2.75) is 96.8 Å². The molecule has 0 aromatic carbocycles. The number of amides is 1. The zero-order valence-corrected chi connectivity index (χ0v) is 17.2. The molecule has 0 fully saturated rings. The molecule has 21 heavy (non-hydrogen) atoms. The van der Waals surface area contributed by atoms with Gasteiger partial charge in [0.05, 0.1) is 0 Å². The summed E-state index contributed by atoms with van der Waals surface area (Å²) in [5, 5.41) is 0. The first-order valence-electron chi connectivity index (χ1n) is 8.70. The molecule has 1 amide bonds. The van der Waals surface area contributed by atoms with Gasteiger partial charge in [-0.05, 0) is 32.1 Å². The Morgan fingerprint density at radius 2 is 1.19 bits per heavy atom. The third-order valence-corrected chi connectivity index (χ3v) is 3.68. The van der Waals surface area contributed by atoms with Crippen LogP contribution in [0, 0.1) is 0 Å². The number of nitrogens with two attached hydrogens (primary N) is 1. The minimum atomic E-state index is -0.164. The SMILES string of the molecule is CCCCCCCC/C=C\CCCCCCCC(N)=O.[Zn]. The first-order valence-corrected chi connectivity index (χ1v) is 8.70. The fourth-order valence-electron chi connectivity index (χ4n) is 2.37. The van der Waals surface area contributed by atoms with Crippen molar-refractivity contribution in [1.82, 2.24) is 0 Å². The smallest absolute Gasteiger partial charge is 0.217 e. The molecular weight excluding hydrogens is 312 g/mol. The number of carbonyl (C=O) groups excluding carboxylic acids is 1. The molecule has 0 radical (unpaired) electrons. The second-order valence-electron chi connectivity index (χ2n) is 5.80. The Morgan fingerprint density at radius 1 is 0.762 bits per heavy atom. The van der Waals surface area contributed by atoms with Gasteiger partial charge < -0.3 is 5.73 Å². The predicted molar refractivity (Wildman–Crippen MR) is 88.6 cm³/mol. The normalized spacial score (nSPS) is 10.7. The van der Waals surface area contributed by atoms with Crippen molar-refractivity contribution in [1.29, 1.82) is 0 Å². The summed E-state index contributed by atoms with van der Waals surface area (Å²) < 4.78 is 0. The molecule has 3 heteroatoms. The number of allylic oxidation sites excluding steroid dienone is 2. The van der Waals surface area contributed by atoms with Gasteiger partial charge in [0, 0.05) is 25.9 Å². The molecule has 0 aliphatic carbocycles. The summed E-state index contributed by atoms with van der Waals surface area (Å²) in [6.07, 6.45) is 21.9. The van der Waals surface area contributed by atoms with Gasteiger partial charge in [-0.25, -0.2) is 0 Å². The van der Waals surface area contributed by atoms with Gasteiger partial charge in [-0.1, -0.05) is 70.4 Å². The Hall–Kier alpha value is -0.167. The molecule has 0 aliphatic rings. The van der Waals surface area contributed by atoms with E-state index in [-0.39, 0.29) is 25.4 Å². The molecule has 0 saturated heterocycles. The molecule has 0 atom stereocenters. The molecule has 0 aliphatic heterocycles. The minimum absolute atomic E-state index is 0. The standard InChI is InChI=1S/C18H35NO.Zn/c1-2-3-4-5-6-7-8-9-10-11-12-13-14-15-16-17-18(19)20;/h9-10H,2-8,11-17H2,1H3,(H2,19,20);/b10-9-;. The zero-order valence-electron chi connectivity index (χ0n) is 14.2. The van der Waals surface area contributed by atoms with E-state index in [0.29, 0.717) is 6.42 Å². The fourth-order valence-corrected chi connectivity index (χ4v) is 2.37. The summed E-state index contributed by atoms with van der Waals surface area (Å²) in [4.78, 5) is 10.5. The number of primary amides is 1. The Balaban J connectivity index is 0. The van der Waals surface area contributed by atoms with Crippen molar-refractivity contribution in [3.8, 4) is 0 Å². The molecule has 0 bridgehead atoms. The summed E-state index contributed by atoms with van der Waals surface area (Å²) in [6, 6.07) is 0. The van der Waals surface area contributed by atoms with E-state index in [9.17, 15) is 4.79 Å². The van der Waals surface area contributed by atoms with E-state index in [4.69, 9.17) is 5.73 Å². The first kappa shape index (κ1) is 23.1. The fraction of sp³-hybridized carbons (Fsp3) is 0.833. The second kappa shape index (κ2) is 19.8. The van der Waals surface area contributed by atoms with Gasteiger partial charge in [0.1, 0.15) is 0 Å². The number of rotatable bonds is 15. The van der Waals surface area contributed by atoms with Crippen LogP contribution in [0.25, 0.3) is 0 Å². The van der Waals surface area contributed by atoms with Crippen LogP contribution in [0.2, 0.25) is 0 Å². The Bertz CT molecular complexity index is 241. The number of hydrogen-bond acceptors (Lipinski definition) is 1. The molecule has 0 unspecified atom stereocenters. The van der Waals surface area contributed by atoms with Crippen molar-refractivity contribution < 1.29 is 24.3 Å². The van der Waals surface area contributed by atoms with E-state index < -0.39 is 0 Å². The quantitative estimate of drug-likeness (QED) is 0.237. The van der Waals surface area contributed by atoms with Crippen LogP contribution in [0.5, 0.6) is 0 Å². The molecule has 0 aromatic heterocycles. The summed E-state index contributed by atoms with van der Waals surface area (Å²) in [7, 11) is 0. The van der Waals surface area contributed by atoms with Crippen LogP contribution in [-0.2, 0) is 24.3 Å². The number of unbranched alkanes of at least 4 members (excludes halogenated alkanes) is 11. The van der Waals surface area contributed by atoms with E-state index in [1.165, 1.54) is 70.6 Å². The van der Waals surface area contributed by atoms with Crippen molar-refractivity contribution in [2.75, 3.05) is 0 Å². The van der Waals surface area contributed by atoms with Crippen LogP contribution >= 0.6 is 0 Å². The summed E-state index contributed by atoms with van der Waals surface area (Å²) in [5.74, 6) is -0.164. The van der Waals surface area contributed by atoms with Gasteiger partial charge in [0.2, 0.25) is 5.91 Å². The maximum Gasteiger partial charge on any atom is 0.217 e. The Morgan fingerprint density at radius 3 is 1.67 bits per heavy atom. The third-order valence-electron chi connectivity index (χ3n) is 3.68. The number of hydrogen-bond donors (Lipinski definition) is 1. The second-order valence-corrected chi connectivity index (χ2v) is 5.80. The molecule has 0 saturated carbocycles. The minimum Gasteiger partial charge on any atom is -0.370 e. The molecule has 2 nitrogen and oxygen atoms in total. The zero-order chi connectivity index (χ0) is 14.9. The van der Waals surface area contributed by atoms with Crippen molar-refractivity contribution >= 4 is 5.91 Å². The molecule has 0 rings (SSSR count). The van der Waals surface area contributed by atoms with E-state index in [2.05, 4.69) is 19.1 Å². The summed E-state index contributed by atoms with van der Waals surface area (Å²) in [6.45, 7) is 2.26. The first-order chi connectivity index (χ1) is 9.77. The molecular formula is C18H35NOZn. The van der Waals surface area contributed by atoms with Crippen LogP contribution in [0.15, 0.2) is 12.2 Å². The monoisotopic (exact) mass is 345 g/mol. The third kappa shape index (κ3) is 22.3. The van der Waals surface area contributed by atoms with E-state index >= 15 is 0 Å². The van der Waals surface area contributed by atoms with Crippen LogP contribution in [-0.4, -0.2) is 5.91 Å². The van der Waals surface area contributed by atoms with E-state index in [0.717, 1.165) is 12.8 Å². The molecule has 0 aromatic rings. The van der Waals surface area contributed by atoms with Crippen molar-refractivity contribution in [3.63, 3.8) is 0 Å². The van der Waals surface area contributed by atoms with Gasteiger partial charge in [0.15, 0.2) is 0 Å². The van der Waals surface area contributed by atoms with Gasteiger partial charge in [-0.15, -0.1) is 0 Å². The Labute approximate surface area is 145 Å². The topological polar surface area (TPSA) is 43.1 Å². The van der Waals surface area contributed by atoms with Crippen LogP contribution in [0.4, 0.5) is 0 Å². The largest absolute Gasteiger partial charge is 0.370 e. The maximum atomic E-state index is 10.5. The van der Waals surface area contributed by atoms with Gasteiger partial charge in [-0.2, -0.15) is 0 Å². The van der Waals surface area contributed by atoms with Gasteiger partial charge in [0.25, 0.3) is 0 Å². The van der Waals surface area contributed by atoms with Crippen molar-refractivity contribution in [3.05, 3.63) is 12.2 Å². The Kier molecular flexibility index (Phi) is 21.8. The van der Waals surface area contributed by atoms with Crippen LogP contribution in [0.3, 0.4) is 0 Å². The van der Waals surface area contributed by atoms with Gasteiger partial charge >= 0.3 is 0 Å². The summed E-state index contributed by atoms with van der Waals surface area (Å²) >= 11 is 0. The number of carbonyl (C=O) groups is 1. The van der Waals surface area contributed by atoms with Crippen molar-refractivity contribution in [2.24, 2.45) is 5.73 Å². The average molecular weight is 347 g/mol. The predicted octanol–water partition coefficient (Wildman–Crippen LogP) is 5.51. The molecule has 0 heterocycles. The summed E-state index contributed by atoms with van der Waals surface area (Å²) in [5.41, 5.74) is 5.10. The van der Waals surface area contributed by atoms with E-state index in [1.54, 1.807) is 0 Å². The van der Waals surface area contributed by atoms with Crippen LogP contribution in [0.1, 0.15) is 96.8 Å². The maximum absolute atomic E-state index is 10.5.